The number of phenols is 2. The molecule has 0 aliphatic carbocycles. The summed E-state index contributed by atoms with van der Waals surface area (Å²) in [7, 11) is 0. The number of carbonyl (C=O) groups excluding carboxylic acids is 1. The number of aliphatic hydroxyl groups excluding tert-OH is 4. The minimum Gasteiger partial charge on any atom is -0.504 e. The summed E-state index contributed by atoms with van der Waals surface area (Å²) in [6, 6.07) is 13.4. The predicted octanol–water partition coefficient (Wildman–Crippen LogP) is -0.814. The van der Waals surface area contributed by atoms with E-state index in [9.17, 15) is 40.5 Å². The molecule has 13 heteroatoms. The van der Waals surface area contributed by atoms with Crippen LogP contribution in [0.4, 0.5) is 0 Å². The van der Waals surface area contributed by atoms with E-state index in [0.29, 0.717) is 12.0 Å². The van der Waals surface area contributed by atoms with Crippen molar-refractivity contribution in [2.45, 2.75) is 55.1 Å². The zero-order valence-corrected chi connectivity index (χ0v) is 21.9. The fourth-order valence-corrected chi connectivity index (χ4v) is 4.29. The molecule has 0 bridgehead atoms. The van der Waals surface area contributed by atoms with Gasteiger partial charge in [-0.15, -0.1) is 0 Å². The molecule has 0 radical (unpaired) electrons. The molecule has 224 valence electrons. The largest absolute Gasteiger partial charge is 0.504 e. The van der Waals surface area contributed by atoms with Crippen molar-refractivity contribution in [3.8, 4) is 11.5 Å². The summed E-state index contributed by atoms with van der Waals surface area (Å²) < 4.78 is 27.0. The van der Waals surface area contributed by atoms with E-state index in [2.05, 4.69) is 0 Å². The fourth-order valence-electron chi connectivity index (χ4n) is 4.29. The van der Waals surface area contributed by atoms with Crippen molar-refractivity contribution in [2.24, 2.45) is 0 Å². The van der Waals surface area contributed by atoms with Gasteiger partial charge in [0.2, 0.25) is 0 Å². The van der Waals surface area contributed by atoms with Crippen LogP contribution < -0.4 is 0 Å². The van der Waals surface area contributed by atoms with Crippen molar-refractivity contribution in [1.29, 1.82) is 0 Å². The average Bonchev–Trinajstić information content (AvgIpc) is 3.25. The minimum atomic E-state index is -2.00. The Morgan fingerprint density at radius 1 is 0.951 bits per heavy atom. The first kappa shape index (κ1) is 30.8. The smallest absolute Gasteiger partial charge is 0.330 e. The molecule has 0 amide bonds. The van der Waals surface area contributed by atoms with Crippen LogP contribution in [0.3, 0.4) is 0 Å². The van der Waals surface area contributed by atoms with Crippen LogP contribution in [-0.4, -0.2) is 117 Å². The standard InChI is InChI=1S/C28H34O13/c29-18-8-6-17(12-19(18)30)7-9-21(31)39-14-28(36)15-40-27(25(28)35)38-13-20-22(32)23(33)24(34)26(41-20)37-11-10-16-4-2-1-3-5-16/h1-9,12,20,22-27,29-30,32-36H,10-11,13-15H2/t20-,22-,23+,24-,25+,26-,27-,28-/m1/s1. The van der Waals surface area contributed by atoms with E-state index in [0.717, 1.165) is 11.6 Å². The first-order valence-electron chi connectivity index (χ1n) is 12.9. The summed E-state index contributed by atoms with van der Waals surface area (Å²) in [6.45, 7) is -1.31. The topological polar surface area (TPSA) is 205 Å². The van der Waals surface area contributed by atoms with Gasteiger partial charge in [-0.05, 0) is 35.8 Å². The second kappa shape index (κ2) is 13.7. The van der Waals surface area contributed by atoms with Crippen LogP contribution in [0.5, 0.6) is 11.5 Å². The highest BCUT2D eigenvalue weighted by Crippen LogP contribution is 2.29. The third-order valence-corrected chi connectivity index (χ3v) is 6.79. The molecule has 2 aromatic rings. The second-order valence-electron chi connectivity index (χ2n) is 9.87. The van der Waals surface area contributed by atoms with Gasteiger partial charge in [0, 0.05) is 6.08 Å². The van der Waals surface area contributed by atoms with Gasteiger partial charge >= 0.3 is 5.97 Å². The minimum absolute atomic E-state index is 0.172. The second-order valence-corrected chi connectivity index (χ2v) is 9.87. The van der Waals surface area contributed by atoms with E-state index in [-0.39, 0.29) is 18.1 Å². The van der Waals surface area contributed by atoms with Crippen LogP contribution in [0.25, 0.3) is 6.08 Å². The first-order valence-corrected chi connectivity index (χ1v) is 12.9. The lowest BCUT2D eigenvalue weighted by Gasteiger charge is -2.40. The Hall–Kier alpha value is -3.11. The SMILES string of the molecule is O=C(C=Cc1ccc(O)c(O)c1)OC[C@@]1(O)CO[C@@H](OC[C@H]2O[C@@H](OCCc3ccccc3)[C@H](O)[C@@H](O)[C@@H]2O)[C@@H]1O. The lowest BCUT2D eigenvalue weighted by molar-refractivity contribution is -0.309. The average molecular weight is 579 g/mol. The maximum Gasteiger partial charge on any atom is 0.330 e. The number of aliphatic hydroxyl groups is 5. The van der Waals surface area contributed by atoms with Gasteiger partial charge < -0.3 is 59.4 Å². The highest BCUT2D eigenvalue weighted by atomic mass is 16.7. The molecule has 2 fully saturated rings. The maximum absolute atomic E-state index is 12.1. The molecule has 0 aromatic heterocycles. The molecule has 7 N–H and O–H groups in total. The van der Waals surface area contributed by atoms with E-state index in [1.54, 1.807) is 0 Å². The molecule has 0 spiro atoms. The van der Waals surface area contributed by atoms with Crippen LogP contribution in [0.15, 0.2) is 54.6 Å². The Kier molecular flexibility index (Phi) is 10.3. The number of ether oxygens (including phenoxy) is 5. The number of rotatable bonds is 11. The number of hydrogen-bond acceptors (Lipinski definition) is 13. The van der Waals surface area contributed by atoms with E-state index in [1.165, 1.54) is 24.3 Å². The van der Waals surface area contributed by atoms with Crippen molar-refractivity contribution >= 4 is 12.0 Å². The zero-order chi connectivity index (χ0) is 29.6. The molecule has 41 heavy (non-hydrogen) atoms. The molecule has 4 rings (SSSR count). The molecule has 0 saturated carbocycles. The lowest BCUT2D eigenvalue weighted by atomic mass is 9.99. The molecule has 2 aromatic carbocycles. The van der Waals surface area contributed by atoms with Crippen molar-refractivity contribution in [1.82, 2.24) is 0 Å². The van der Waals surface area contributed by atoms with Gasteiger partial charge in [-0.1, -0.05) is 36.4 Å². The van der Waals surface area contributed by atoms with Crippen molar-refractivity contribution in [3.05, 3.63) is 65.7 Å². The number of phenolic OH excluding ortho intramolecular Hbond substituents is 2. The summed E-state index contributed by atoms with van der Waals surface area (Å²) in [5, 5.41) is 71.1. The summed E-state index contributed by atoms with van der Waals surface area (Å²) >= 11 is 0. The van der Waals surface area contributed by atoms with Gasteiger partial charge in [-0.25, -0.2) is 4.79 Å². The van der Waals surface area contributed by atoms with Crippen molar-refractivity contribution in [2.75, 3.05) is 26.4 Å². The number of carbonyl (C=O) groups is 1. The Morgan fingerprint density at radius 3 is 2.44 bits per heavy atom. The van der Waals surface area contributed by atoms with Crippen LogP contribution in [0, 0.1) is 0 Å². The molecular formula is C28H34O13. The van der Waals surface area contributed by atoms with Gasteiger partial charge in [-0.2, -0.15) is 0 Å². The maximum atomic E-state index is 12.1. The third-order valence-electron chi connectivity index (χ3n) is 6.79. The molecule has 13 nitrogen and oxygen atoms in total. The molecule has 8 atom stereocenters. The van der Waals surface area contributed by atoms with Crippen LogP contribution in [0.2, 0.25) is 0 Å². The van der Waals surface area contributed by atoms with E-state index in [4.69, 9.17) is 23.7 Å². The van der Waals surface area contributed by atoms with Crippen LogP contribution in [0.1, 0.15) is 11.1 Å². The van der Waals surface area contributed by atoms with Gasteiger partial charge in [0.05, 0.1) is 19.8 Å². The van der Waals surface area contributed by atoms with Crippen LogP contribution in [-0.2, 0) is 34.9 Å². The highest BCUT2D eigenvalue weighted by molar-refractivity contribution is 5.87. The van der Waals surface area contributed by atoms with Crippen molar-refractivity contribution < 1.29 is 64.2 Å². The molecule has 2 aliphatic heterocycles. The summed E-state index contributed by atoms with van der Waals surface area (Å²) in [4.78, 5) is 12.1. The Balaban J connectivity index is 1.24. The quantitative estimate of drug-likeness (QED) is 0.0991. The normalized spacial score (nSPS) is 31.9. The number of benzene rings is 2. The third kappa shape index (κ3) is 7.80. The van der Waals surface area contributed by atoms with E-state index >= 15 is 0 Å². The molecule has 2 aliphatic rings. The number of esters is 1. The lowest BCUT2D eigenvalue weighted by Crippen LogP contribution is -2.59. The zero-order valence-electron chi connectivity index (χ0n) is 21.9. The molecule has 2 heterocycles. The summed E-state index contributed by atoms with van der Waals surface area (Å²) in [5.41, 5.74) is -0.602. The predicted molar refractivity (Wildman–Crippen MR) is 139 cm³/mol. The summed E-state index contributed by atoms with van der Waals surface area (Å²) in [5.74, 6) is -1.54. The van der Waals surface area contributed by atoms with Gasteiger partial charge in [-0.3, -0.25) is 0 Å². The fraction of sp³-hybridized carbons (Fsp3) is 0.464. The van der Waals surface area contributed by atoms with Gasteiger partial charge in [0.25, 0.3) is 0 Å². The first-order chi connectivity index (χ1) is 19.6. The van der Waals surface area contributed by atoms with Crippen LogP contribution >= 0.6 is 0 Å². The Labute approximate surface area is 235 Å². The molecule has 2 saturated heterocycles. The Bertz CT molecular complexity index is 1170. The van der Waals surface area contributed by atoms with E-state index < -0.39 is 74.5 Å². The van der Waals surface area contributed by atoms with Gasteiger partial charge in [0.1, 0.15) is 37.1 Å². The Morgan fingerprint density at radius 2 is 1.71 bits per heavy atom. The summed E-state index contributed by atoms with van der Waals surface area (Å²) in [6.07, 6.45) is -7.23. The molecular weight excluding hydrogens is 544 g/mol. The highest BCUT2D eigenvalue weighted by Gasteiger charge is 2.51. The monoisotopic (exact) mass is 578 g/mol. The molecule has 0 unspecified atom stereocenters. The number of aromatic hydroxyl groups is 2. The van der Waals surface area contributed by atoms with E-state index in [1.807, 2.05) is 30.3 Å². The van der Waals surface area contributed by atoms with Gasteiger partial charge in [0.15, 0.2) is 29.7 Å². The number of hydrogen-bond donors (Lipinski definition) is 7. The van der Waals surface area contributed by atoms with Crippen molar-refractivity contribution in [3.63, 3.8) is 0 Å².